The van der Waals surface area contributed by atoms with Gasteiger partial charge in [-0.3, -0.25) is 0 Å². The van der Waals surface area contributed by atoms with Crippen LogP contribution in [0.1, 0.15) is 61.5 Å². The Balaban J connectivity index is 0.00000441. The molecule has 0 radical (unpaired) electrons. The number of allylic oxidation sites excluding steroid dienone is 2. The van der Waals surface area contributed by atoms with E-state index in [-0.39, 0.29) is 58.6 Å². The van der Waals surface area contributed by atoms with E-state index in [1.807, 2.05) is 19.9 Å². The van der Waals surface area contributed by atoms with Crippen LogP contribution in [-0.4, -0.2) is 16.2 Å². The topological polar surface area (TPSA) is 80.6 Å². The number of hydrogen-bond acceptors (Lipinski definition) is 4. The fourth-order valence-corrected chi connectivity index (χ4v) is 2.25. The zero-order valence-corrected chi connectivity index (χ0v) is 15.9. The predicted octanol–water partition coefficient (Wildman–Crippen LogP) is -0.293. The molecule has 0 atom stereocenters. The molecule has 22 heavy (non-hydrogen) atoms. The molecule has 0 bridgehead atoms. The van der Waals surface area contributed by atoms with Crippen LogP contribution >= 0.6 is 0 Å². The van der Waals surface area contributed by atoms with E-state index in [9.17, 15) is 20.1 Å². The summed E-state index contributed by atoms with van der Waals surface area (Å²) >= 11 is 0. The molecule has 2 N–H and O–H groups in total. The number of rotatable bonds is 7. The van der Waals surface area contributed by atoms with Crippen LogP contribution in [0.3, 0.4) is 0 Å². The second kappa shape index (κ2) is 9.93. The van der Waals surface area contributed by atoms with Gasteiger partial charge < -0.3 is 20.1 Å². The number of carbonyl (C=O) groups is 1. The molecule has 5 heteroatoms. The smallest absolute Gasteiger partial charge is 0.545 e. The quantitative estimate of drug-likeness (QED) is 0.412. The van der Waals surface area contributed by atoms with Crippen molar-refractivity contribution >= 4 is 5.97 Å². The number of phenols is 2. The van der Waals surface area contributed by atoms with E-state index in [4.69, 9.17) is 0 Å². The summed E-state index contributed by atoms with van der Waals surface area (Å²) in [7, 11) is 0. The summed E-state index contributed by atoms with van der Waals surface area (Å²) < 4.78 is 0. The van der Waals surface area contributed by atoms with Gasteiger partial charge in [-0.25, -0.2) is 0 Å². The third-order valence-electron chi connectivity index (χ3n) is 3.43. The maximum absolute atomic E-state index is 11.3. The molecule has 0 aromatic heterocycles. The summed E-state index contributed by atoms with van der Waals surface area (Å²) in [5.41, 5.74) is 1.49. The standard InChI is InChI=1S/C17H24O4.Na/c1-4-5-6-7-12-10-14(18)13(9-8-11(2)3)16(19)15(12)17(20)21;/h8,10,18-19H,4-7,9H2,1-3H3,(H,20,21);/q;+1/p-1. The molecule has 1 aromatic rings. The molecule has 4 nitrogen and oxygen atoms in total. The van der Waals surface area contributed by atoms with Gasteiger partial charge in [0.15, 0.2) is 0 Å². The number of carboxylic acids is 1. The SMILES string of the molecule is CCCCCc1cc(O)c(CC=C(C)C)c(O)c1C(=O)[O-].[Na+]. The van der Waals surface area contributed by atoms with E-state index in [1.165, 1.54) is 6.07 Å². The number of aryl methyl sites for hydroxylation is 1. The fraction of sp³-hybridized carbons (Fsp3) is 0.471. The molecule has 1 rings (SSSR count). The van der Waals surface area contributed by atoms with Crippen molar-refractivity contribution in [2.75, 3.05) is 0 Å². The molecule has 0 saturated carbocycles. The maximum Gasteiger partial charge on any atom is 1.00 e. The van der Waals surface area contributed by atoms with E-state index in [0.29, 0.717) is 12.0 Å². The molecule has 0 aliphatic carbocycles. The third-order valence-corrected chi connectivity index (χ3v) is 3.43. The first-order valence-electron chi connectivity index (χ1n) is 7.29. The normalized spacial score (nSPS) is 9.95. The molecule has 0 aliphatic rings. The van der Waals surface area contributed by atoms with E-state index in [1.54, 1.807) is 0 Å². The predicted molar refractivity (Wildman–Crippen MR) is 80.5 cm³/mol. The van der Waals surface area contributed by atoms with Gasteiger partial charge in [-0.1, -0.05) is 31.4 Å². The number of carboxylic acid groups (broad SMARTS) is 1. The first kappa shape index (κ1) is 21.0. The van der Waals surface area contributed by atoms with E-state index in [2.05, 4.69) is 6.92 Å². The Morgan fingerprint density at radius 2 is 1.91 bits per heavy atom. The third kappa shape index (κ3) is 5.67. The molecule has 0 amide bonds. The minimum absolute atomic E-state index is 0. The number of carbonyl (C=O) groups excluding carboxylic acids is 1. The first-order valence-corrected chi connectivity index (χ1v) is 7.29. The molecule has 1 aromatic carbocycles. The maximum atomic E-state index is 11.3. The van der Waals surface area contributed by atoms with Crippen molar-refractivity contribution in [2.24, 2.45) is 0 Å². The molecule has 0 saturated heterocycles. The van der Waals surface area contributed by atoms with Crippen molar-refractivity contribution in [1.82, 2.24) is 0 Å². The van der Waals surface area contributed by atoms with Gasteiger partial charge >= 0.3 is 29.6 Å². The van der Waals surface area contributed by atoms with Crippen LogP contribution in [0.2, 0.25) is 0 Å². The van der Waals surface area contributed by atoms with Gasteiger partial charge in [-0.05, 0) is 44.7 Å². The van der Waals surface area contributed by atoms with Gasteiger partial charge in [0.1, 0.15) is 11.5 Å². The molecule has 0 heterocycles. The molecular formula is C17H23NaO4. The monoisotopic (exact) mass is 314 g/mol. The molecule has 0 aliphatic heterocycles. The van der Waals surface area contributed by atoms with Gasteiger partial charge in [0.25, 0.3) is 0 Å². The van der Waals surface area contributed by atoms with Crippen LogP contribution in [-0.2, 0) is 12.8 Å². The van der Waals surface area contributed by atoms with Crippen molar-refractivity contribution in [3.05, 3.63) is 34.4 Å². The zero-order chi connectivity index (χ0) is 16.0. The number of hydrogen-bond donors (Lipinski definition) is 2. The second-order valence-corrected chi connectivity index (χ2v) is 5.49. The van der Waals surface area contributed by atoms with Crippen molar-refractivity contribution in [3.8, 4) is 11.5 Å². The Bertz CT molecular complexity index is 546. The second-order valence-electron chi connectivity index (χ2n) is 5.49. The number of phenolic OH excluding ortho intramolecular Hbond substituents is 1. The Kier molecular flexibility index (Phi) is 9.49. The summed E-state index contributed by atoms with van der Waals surface area (Å²) in [5.74, 6) is -1.85. The largest absolute Gasteiger partial charge is 1.00 e. The van der Waals surface area contributed by atoms with Crippen LogP contribution in [0.15, 0.2) is 17.7 Å². The van der Waals surface area contributed by atoms with Gasteiger partial charge in [-0.2, -0.15) is 0 Å². The van der Waals surface area contributed by atoms with Crippen LogP contribution < -0.4 is 34.7 Å². The van der Waals surface area contributed by atoms with Crippen molar-refractivity contribution in [1.29, 1.82) is 0 Å². The summed E-state index contributed by atoms with van der Waals surface area (Å²) in [4.78, 5) is 11.3. The summed E-state index contributed by atoms with van der Waals surface area (Å²) in [5, 5.41) is 31.5. The van der Waals surface area contributed by atoms with Crippen molar-refractivity contribution < 1.29 is 49.7 Å². The molecular weight excluding hydrogens is 291 g/mol. The fourth-order valence-electron chi connectivity index (χ4n) is 2.25. The average molecular weight is 314 g/mol. The number of unbranched alkanes of at least 4 members (excludes halogenated alkanes) is 2. The van der Waals surface area contributed by atoms with E-state index in [0.717, 1.165) is 24.8 Å². The first-order chi connectivity index (χ1) is 9.88. The minimum atomic E-state index is -1.41. The molecule has 116 valence electrons. The molecule has 0 spiro atoms. The molecule has 0 fully saturated rings. The number of aromatic hydroxyl groups is 2. The summed E-state index contributed by atoms with van der Waals surface area (Å²) in [6, 6.07) is 1.44. The van der Waals surface area contributed by atoms with Gasteiger partial charge in [0, 0.05) is 11.1 Å². The van der Waals surface area contributed by atoms with Crippen LogP contribution in [0.5, 0.6) is 11.5 Å². The van der Waals surface area contributed by atoms with Crippen molar-refractivity contribution in [3.63, 3.8) is 0 Å². The Hall–Kier alpha value is -0.970. The number of aromatic carboxylic acids is 1. The summed E-state index contributed by atoms with van der Waals surface area (Å²) in [6.07, 6.45) is 5.40. The molecule has 0 unspecified atom stereocenters. The Labute approximate surface area is 154 Å². The van der Waals surface area contributed by atoms with E-state index < -0.39 is 5.97 Å². The summed E-state index contributed by atoms with van der Waals surface area (Å²) in [6.45, 7) is 5.84. The van der Waals surface area contributed by atoms with Crippen LogP contribution in [0, 0.1) is 0 Å². The van der Waals surface area contributed by atoms with Gasteiger partial charge in [0.05, 0.1) is 5.97 Å². The van der Waals surface area contributed by atoms with Crippen LogP contribution in [0.4, 0.5) is 0 Å². The Morgan fingerprint density at radius 3 is 2.41 bits per heavy atom. The number of benzene rings is 1. The van der Waals surface area contributed by atoms with E-state index >= 15 is 0 Å². The zero-order valence-electron chi connectivity index (χ0n) is 13.9. The Morgan fingerprint density at radius 1 is 1.27 bits per heavy atom. The van der Waals surface area contributed by atoms with Gasteiger partial charge in [-0.15, -0.1) is 0 Å². The van der Waals surface area contributed by atoms with Gasteiger partial charge in [0.2, 0.25) is 0 Å². The van der Waals surface area contributed by atoms with Crippen LogP contribution in [0.25, 0.3) is 0 Å². The minimum Gasteiger partial charge on any atom is -0.545 e. The van der Waals surface area contributed by atoms with Crippen molar-refractivity contribution in [2.45, 2.75) is 52.9 Å². The average Bonchev–Trinajstić information content (AvgIpc) is 2.37.